The minimum absolute atomic E-state index is 0.0491. The molecule has 26 heavy (non-hydrogen) atoms. The summed E-state index contributed by atoms with van der Waals surface area (Å²) in [6, 6.07) is 13.2. The van der Waals surface area contributed by atoms with E-state index in [1.807, 2.05) is 24.3 Å². The molecule has 0 bridgehead atoms. The van der Waals surface area contributed by atoms with Crippen molar-refractivity contribution >= 4 is 5.97 Å². The zero-order valence-electron chi connectivity index (χ0n) is 15.5. The second-order valence-electron chi connectivity index (χ2n) is 7.29. The molecule has 3 nitrogen and oxygen atoms in total. The maximum absolute atomic E-state index is 11.7. The van der Waals surface area contributed by atoms with Gasteiger partial charge in [0.2, 0.25) is 0 Å². The number of hydrogen-bond acceptors (Lipinski definition) is 3. The minimum Gasteiger partial charge on any atom is -0.462 e. The first-order valence-corrected chi connectivity index (χ1v) is 9.02. The lowest BCUT2D eigenvalue weighted by atomic mass is 9.71. The number of benzene rings is 2. The molecular formula is C23H24O3. The van der Waals surface area contributed by atoms with E-state index >= 15 is 0 Å². The normalized spacial score (nSPS) is 17.6. The number of fused-ring (bicyclic) bond motifs is 1. The van der Waals surface area contributed by atoms with E-state index in [4.69, 9.17) is 4.74 Å². The lowest BCUT2D eigenvalue weighted by molar-refractivity contribution is 0.0526. The first-order chi connectivity index (χ1) is 12.4. The lowest BCUT2D eigenvalue weighted by Gasteiger charge is -2.35. The molecule has 0 aliphatic heterocycles. The average Bonchev–Trinajstić information content (AvgIpc) is 2.64. The molecule has 134 valence electrons. The number of carbonyl (C=O) groups excluding carboxylic acids is 1. The molecule has 0 saturated heterocycles. The Bertz CT molecular complexity index is 867. The van der Waals surface area contributed by atoms with E-state index in [0.29, 0.717) is 12.2 Å². The van der Waals surface area contributed by atoms with Crippen LogP contribution in [0.3, 0.4) is 0 Å². The molecule has 2 aromatic rings. The summed E-state index contributed by atoms with van der Waals surface area (Å²) >= 11 is 0. The van der Waals surface area contributed by atoms with E-state index in [2.05, 4.69) is 31.8 Å². The summed E-state index contributed by atoms with van der Waals surface area (Å²) < 4.78 is 4.98. The van der Waals surface area contributed by atoms with Crippen LogP contribution in [0.4, 0.5) is 0 Å². The van der Waals surface area contributed by atoms with Crippen LogP contribution < -0.4 is 0 Å². The maximum Gasteiger partial charge on any atom is 0.338 e. The SMILES string of the molecule is CCOC(=O)c1ccc(C#Cc2ccc3c(c2)C(C)(C)CCC3O)cc1. The fourth-order valence-corrected chi connectivity index (χ4v) is 3.35. The highest BCUT2D eigenvalue weighted by Crippen LogP contribution is 2.41. The summed E-state index contributed by atoms with van der Waals surface area (Å²) in [5.41, 5.74) is 4.55. The second-order valence-corrected chi connectivity index (χ2v) is 7.29. The van der Waals surface area contributed by atoms with Crippen molar-refractivity contribution in [2.45, 2.75) is 45.1 Å². The van der Waals surface area contributed by atoms with Gasteiger partial charge in [0.1, 0.15) is 0 Å². The van der Waals surface area contributed by atoms with Gasteiger partial charge < -0.3 is 9.84 Å². The van der Waals surface area contributed by atoms with Crippen LogP contribution in [0.25, 0.3) is 0 Å². The predicted molar refractivity (Wildman–Crippen MR) is 102 cm³/mol. The third-order valence-electron chi connectivity index (χ3n) is 4.93. The van der Waals surface area contributed by atoms with Crippen molar-refractivity contribution in [2.24, 2.45) is 0 Å². The summed E-state index contributed by atoms with van der Waals surface area (Å²) in [4.78, 5) is 11.7. The van der Waals surface area contributed by atoms with Crippen LogP contribution >= 0.6 is 0 Å². The van der Waals surface area contributed by atoms with Gasteiger partial charge in [-0.25, -0.2) is 4.79 Å². The average molecular weight is 348 g/mol. The topological polar surface area (TPSA) is 46.5 Å². The number of aliphatic hydroxyl groups is 1. The zero-order chi connectivity index (χ0) is 18.7. The number of esters is 1. The van der Waals surface area contributed by atoms with Gasteiger partial charge in [-0.2, -0.15) is 0 Å². The number of ether oxygens (including phenoxy) is 1. The first-order valence-electron chi connectivity index (χ1n) is 9.02. The Kier molecular flexibility index (Phi) is 5.15. The molecule has 1 atom stereocenters. The van der Waals surface area contributed by atoms with E-state index in [9.17, 15) is 9.90 Å². The van der Waals surface area contributed by atoms with Gasteiger partial charge in [-0.1, -0.05) is 31.8 Å². The molecule has 1 N–H and O–H groups in total. The van der Waals surface area contributed by atoms with Crippen molar-refractivity contribution in [1.82, 2.24) is 0 Å². The van der Waals surface area contributed by atoms with Gasteiger partial charge in [-0.3, -0.25) is 0 Å². The van der Waals surface area contributed by atoms with Gasteiger partial charge in [-0.15, -0.1) is 0 Å². The summed E-state index contributed by atoms with van der Waals surface area (Å²) in [7, 11) is 0. The summed E-state index contributed by atoms with van der Waals surface area (Å²) in [5.74, 6) is 6.01. The highest BCUT2D eigenvalue weighted by atomic mass is 16.5. The zero-order valence-corrected chi connectivity index (χ0v) is 15.5. The van der Waals surface area contributed by atoms with Gasteiger partial charge in [0, 0.05) is 11.1 Å². The molecule has 0 spiro atoms. The minimum atomic E-state index is -0.379. The fourth-order valence-electron chi connectivity index (χ4n) is 3.35. The van der Waals surface area contributed by atoms with Crippen LogP contribution in [-0.2, 0) is 10.2 Å². The van der Waals surface area contributed by atoms with Crippen molar-refractivity contribution < 1.29 is 14.6 Å². The summed E-state index contributed by atoms with van der Waals surface area (Å²) in [6.07, 6.45) is 1.39. The van der Waals surface area contributed by atoms with E-state index in [0.717, 1.165) is 29.5 Å². The van der Waals surface area contributed by atoms with E-state index in [1.165, 1.54) is 5.56 Å². The van der Waals surface area contributed by atoms with Gasteiger partial charge in [-0.05, 0) is 72.7 Å². The molecule has 3 rings (SSSR count). The molecule has 1 unspecified atom stereocenters. The fraction of sp³-hybridized carbons (Fsp3) is 0.348. The Morgan fingerprint density at radius 2 is 1.81 bits per heavy atom. The third-order valence-corrected chi connectivity index (χ3v) is 4.93. The van der Waals surface area contributed by atoms with Crippen molar-refractivity contribution in [3.63, 3.8) is 0 Å². The Morgan fingerprint density at radius 1 is 1.15 bits per heavy atom. The number of carbonyl (C=O) groups is 1. The van der Waals surface area contributed by atoms with Gasteiger partial charge in [0.25, 0.3) is 0 Å². The van der Waals surface area contributed by atoms with Crippen LogP contribution in [0.2, 0.25) is 0 Å². The molecule has 3 heteroatoms. The molecule has 0 amide bonds. The molecular weight excluding hydrogens is 324 g/mol. The molecule has 1 aliphatic carbocycles. The third kappa shape index (κ3) is 3.81. The number of rotatable bonds is 2. The summed E-state index contributed by atoms with van der Waals surface area (Å²) in [5, 5.41) is 10.2. The van der Waals surface area contributed by atoms with Gasteiger partial charge in [0.05, 0.1) is 18.3 Å². The molecule has 0 aromatic heterocycles. The predicted octanol–water partition coefficient (Wildman–Crippen LogP) is 4.37. The largest absolute Gasteiger partial charge is 0.462 e. The van der Waals surface area contributed by atoms with Crippen LogP contribution in [0.5, 0.6) is 0 Å². The first kappa shape index (κ1) is 18.2. The Labute approximate surface area is 155 Å². The molecule has 2 aromatic carbocycles. The van der Waals surface area contributed by atoms with Gasteiger partial charge in [0.15, 0.2) is 0 Å². The molecule has 1 aliphatic rings. The molecule has 0 heterocycles. The lowest BCUT2D eigenvalue weighted by Crippen LogP contribution is -2.26. The van der Waals surface area contributed by atoms with E-state index in [1.54, 1.807) is 19.1 Å². The molecule has 0 radical (unpaired) electrons. The highest BCUT2D eigenvalue weighted by Gasteiger charge is 2.31. The van der Waals surface area contributed by atoms with Crippen LogP contribution in [-0.4, -0.2) is 17.7 Å². The van der Waals surface area contributed by atoms with Crippen molar-refractivity contribution in [2.75, 3.05) is 6.61 Å². The maximum atomic E-state index is 11.7. The summed E-state index contributed by atoms with van der Waals surface area (Å²) in [6.45, 7) is 6.58. The van der Waals surface area contributed by atoms with E-state index < -0.39 is 0 Å². The van der Waals surface area contributed by atoms with Gasteiger partial charge >= 0.3 is 5.97 Å². The molecule has 0 fully saturated rings. The second kappa shape index (κ2) is 7.35. The quantitative estimate of drug-likeness (QED) is 0.648. The monoisotopic (exact) mass is 348 g/mol. The Hall–Kier alpha value is -2.57. The molecule has 0 saturated carbocycles. The van der Waals surface area contributed by atoms with E-state index in [-0.39, 0.29) is 17.5 Å². The highest BCUT2D eigenvalue weighted by molar-refractivity contribution is 5.89. The Balaban J connectivity index is 1.84. The van der Waals surface area contributed by atoms with Crippen LogP contribution in [0.1, 0.15) is 72.3 Å². The van der Waals surface area contributed by atoms with Crippen molar-refractivity contribution in [3.05, 3.63) is 70.3 Å². The van der Waals surface area contributed by atoms with Crippen molar-refractivity contribution in [3.8, 4) is 11.8 Å². The number of hydrogen-bond donors (Lipinski definition) is 1. The Morgan fingerprint density at radius 3 is 2.50 bits per heavy atom. The van der Waals surface area contributed by atoms with Crippen LogP contribution in [0, 0.1) is 11.8 Å². The smallest absolute Gasteiger partial charge is 0.338 e. The van der Waals surface area contributed by atoms with Crippen molar-refractivity contribution in [1.29, 1.82) is 0 Å². The number of aliphatic hydroxyl groups excluding tert-OH is 1. The van der Waals surface area contributed by atoms with Crippen LogP contribution in [0.15, 0.2) is 42.5 Å². The standard InChI is InChI=1S/C23H24O3/c1-4-26-22(25)18-10-7-16(8-11-18)5-6-17-9-12-19-20(15-17)23(2,3)14-13-21(19)24/h7-12,15,21,24H,4,13-14H2,1-3H3.